The number of benzene rings is 2. The van der Waals surface area contributed by atoms with Crippen LogP contribution in [-0.4, -0.2) is 23.8 Å². The molecule has 0 saturated heterocycles. The van der Waals surface area contributed by atoms with Gasteiger partial charge < -0.3 is 9.30 Å². The maximum Gasteiger partial charge on any atom is 0.274 e. The number of carbonyl (C=O) groups is 1. The summed E-state index contributed by atoms with van der Waals surface area (Å²) in [5, 5.41) is 12.6. The van der Waals surface area contributed by atoms with E-state index < -0.39 is 11.7 Å². The van der Waals surface area contributed by atoms with Crippen molar-refractivity contribution in [3.63, 3.8) is 0 Å². The second-order valence-corrected chi connectivity index (χ2v) is 5.51. The molecule has 0 saturated carbocycles. The maximum atomic E-state index is 13.9. The quantitative estimate of drug-likeness (QED) is 0.559. The van der Waals surface area contributed by atoms with E-state index in [2.05, 4.69) is 10.5 Å². The Kier molecular flexibility index (Phi) is 5.28. The Labute approximate surface area is 155 Å². The molecule has 0 aliphatic rings. The van der Waals surface area contributed by atoms with Gasteiger partial charge in [-0.25, -0.2) is 9.82 Å². The van der Waals surface area contributed by atoms with Gasteiger partial charge in [-0.05, 0) is 54.6 Å². The van der Waals surface area contributed by atoms with Gasteiger partial charge >= 0.3 is 0 Å². The van der Waals surface area contributed by atoms with E-state index in [0.29, 0.717) is 0 Å². The lowest BCUT2D eigenvalue weighted by atomic mass is 10.1. The molecule has 6 nitrogen and oxygen atoms in total. The topological polar surface area (TPSA) is 79.4 Å². The molecular weight excluding hydrogens is 347 g/mol. The summed E-state index contributed by atoms with van der Waals surface area (Å²) in [5.41, 5.74) is 3.86. The second kappa shape index (κ2) is 7.97. The van der Waals surface area contributed by atoms with E-state index in [0.717, 1.165) is 23.2 Å². The number of nitrogens with zero attached hydrogens (tertiary/aromatic N) is 3. The number of halogens is 1. The predicted octanol–water partition coefficient (Wildman–Crippen LogP) is 3.26. The molecule has 1 N–H and O–H groups in total. The number of aromatic nitrogens is 1. The molecule has 1 aromatic heterocycles. The molecule has 27 heavy (non-hydrogen) atoms. The number of hydrogen-bond donors (Lipinski definition) is 1. The first-order chi connectivity index (χ1) is 13.1. The molecule has 3 aromatic rings. The highest BCUT2D eigenvalue weighted by atomic mass is 19.1. The largest absolute Gasteiger partial charge is 0.497 e. The van der Waals surface area contributed by atoms with E-state index in [9.17, 15) is 9.18 Å². The van der Waals surface area contributed by atoms with Crippen molar-refractivity contribution in [3.05, 3.63) is 83.4 Å². The molecule has 3 rings (SSSR count). The van der Waals surface area contributed by atoms with Gasteiger partial charge in [-0.3, -0.25) is 4.79 Å². The van der Waals surface area contributed by atoms with E-state index in [4.69, 9.17) is 10.00 Å². The lowest BCUT2D eigenvalue weighted by molar-refractivity contribution is 0.0951. The summed E-state index contributed by atoms with van der Waals surface area (Å²) >= 11 is 0. The summed E-state index contributed by atoms with van der Waals surface area (Å²) < 4.78 is 20.9. The van der Waals surface area contributed by atoms with Gasteiger partial charge in [0.2, 0.25) is 0 Å². The van der Waals surface area contributed by atoms with Gasteiger partial charge in [-0.2, -0.15) is 10.4 Å². The average molecular weight is 362 g/mol. The molecule has 0 radical (unpaired) electrons. The van der Waals surface area contributed by atoms with Crippen LogP contribution in [0.3, 0.4) is 0 Å². The van der Waals surface area contributed by atoms with Crippen molar-refractivity contribution in [3.8, 4) is 17.5 Å². The highest BCUT2D eigenvalue weighted by Gasteiger charge is 2.11. The Morgan fingerprint density at radius 1 is 1.26 bits per heavy atom. The Morgan fingerprint density at radius 2 is 2.04 bits per heavy atom. The third-order valence-electron chi connectivity index (χ3n) is 3.84. The van der Waals surface area contributed by atoms with Gasteiger partial charge in [-0.1, -0.05) is 0 Å². The zero-order chi connectivity index (χ0) is 19.2. The third-order valence-corrected chi connectivity index (χ3v) is 3.84. The van der Waals surface area contributed by atoms with Gasteiger partial charge in [0.1, 0.15) is 11.6 Å². The minimum Gasteiger partial charge on any atom is -0.497 e. The first-order valence-electron chi connectivity index (χ1n) is 7.97. The molecule has 7 heteroatoms. The van der Waals surface area contributed by atoms with Crippen molar-refractivity contribution in [1.82, 2.24) is 9.99 Å². The lowest BCUT2D eigenvalue weighted by Crippen LogP contribution is -2.19. The van der Waals surface area contributed by atoms with Crippen molar-refractivity contribution in [2.75, 3.05) is 7.11 Å². The summed E-state index contributed by atoms with van der Waals surface area (Å²) in [7, 11) is 1.60. The van der Waals surface area contributed by atoms with E-state index >= 15 is 0 Å². The number of methoxy groups -OCH3 is 1. The minimum absolute atomic E-state index is 0.143. The van der Waals surface area contributed by atoms with E-state index in [1.165, 1.54) is 18.3 Å². The van der Waals surface area contributed by atoms with Gasteiger partial charge in [0.25, 0.3) is 5.91 Å². The van der Waals surface area contributed by atoms with Crippen LogP contribution in [0.1, 0.15) is 21.6 Å². The van der Waals surface area contributed by atoms with E-state index in [-0.39, 0.29) is 11.1 Å². The number of ether oxygens (including phenoxy) is 1. The standard InChI is InChI=1S/C20H15FN4O2/c1-27-17-7-5-15(6-8-17)25-10-2-3-16(25)13-23-24-20(26)18-9-4-14(12-22)11-19(18)21/h2-11,13H,1H3,(H,24,26). The maximum absolute atomic E-state index is 13.9. The Morgan fingerprint density at radius 3 is 2.70 bits per heavy atom. The molecule has 0 bridgehead atoms. The lowest BCUT2D eigenvalue weighted by Gasteiger charge is -2.07. The fourth-order valence-corrected chi connectivity index (χ4v) is 2.46. The van der Waals surface area contributed by atoms with Gasteiger partial charge in [-0.15, -0.1) is 0 Å². The average Bonchev–Trinajstić information content (AvgIpc) is 3.16. The summed E-state index contributed by atoms with van der Waals surface area (Å²) in [6.45, 7) is 0. The molecule has 0 aliphatic carbocycles. The van der Waals surface area contributed by atoms with Crippen LogP contribution in [0.15, 0.2) is 65.9 Å². The van der Waals surface area contributed by atoms with Crippen molar-refractivity contribution in [2.24, 2.45) is 5.10 Å². The van der Waals surface area contributed by atoms with Crippen molar-refractivity contribution in [2.45, 2.75) is 0 Å². The molecule has 0 unspecified atom stereocenters. The van der Waals surface area contributed by atoms with Crippen LogP contribution >= 0.6 is 0 Å². The van der Waals surface area contributed by atoms with Gasteiger partial charge in [0.05, 0.1) is 36.2 Å². The van der Waals surface area contributed by atoms with Gasteiger partial charge in [0, 0.05) is 11.9 Å². The number of nitriles is 1. The first kappa shape index (κ1) is 17.9. The molecule has 134 valence electrons. The normalized spacial score (nSPS) is 10.6. The van der Waals surface area contributed by atoms with Crippen LogP contribution in [0.25, 0.3) is 5.69 Å². The smallest absolute Gasteiger partial charge is 0.274 e. The van der Waals surface area contributed by atoms with Crippen LogP contribution in [0.4, 0.5) is 4.39 Å². The third kappa shape index (κ3) is 4.02. The number of rotatable bonds is 5. The van der Waals surface area contributed by atoms with Crippen molar-refractivity contribution < 1.29 is 13.9 Å². The zero-order valence-electron chi connectivity index (χ0n) is 14.4. The molecule has 0 aliphatic heterocycles. The molecule has 0 atom stereocenters. The molecule has 0 spiro atoms. The summed E-state index contributed by atoms with van der Waals surface area (Å²) in [5.74, 6) is -0.725. The van der Waals surface area contributed by atoms with Crippen LogP contribution in [0.2, 0.25) is 0 Å². The number of hydrazone groups is 1. The Bertz CT molecular complexity index is 1030. The predicted molar refractivity (Wildman–Crippen MR) is 98.5 cm³/mol. The number of carbonyl (C=O) groups excluding carboxylic acids is 1. The van der Waals surface area contributed by atoms with E-state index in [1.54, 1.807) is 7.11 Å². The van der Waals surface area contributed by atoms with Gasteiger partial charge in [0.15, 0.2) is 0 Å². The number of amides is 1. The number of hydrogen-bond acceptors (Lipinski definition) is 4. The molecular formula is C20H15FN4O2. The summed E-state index contributed by atoms with van der Waals surface area (Å²) in [4.78, 5) is 12.1. The fourth-order valence-electron chi connectivity index (χ4n) is 2.46. The summed E-state index contributed by atoms with van der Waals surface area (Å²) in [6.07, 6.45) is 3.31. The molecule has 2 aromatic carbocycles. The van der Waals surface area contributed by atoms with Crippen LogP contribution < -0.4 is 10.2 Å². The van der Waals surface area contributed by atoms with Crippen molar-refractivity contribution in [1.29, 1.82) is 5.26 Å². The highest BCUT2D eigenvalue weighted by Crippen LogP contribution is 2.16. The molecule has 0 fully saturated rings. The number of nitrogens with one attached hydrogen (secondary N) is 1. The SMILES string of the molecule is COc1ccc(-n2cccc2C=NNC(=O)c2ccc(C#N)cc2F)cc1. The first-order valence-corrected chi connectivity index (χ1v) is 7.97. The van der Waals surface area contributed by atoms with E-state index in [1.807, 2.05) is 53.2 Å². The minimum atomic E-state index is -0.775. The molecule has 1 heterocycles. The zero-order valence-corrected chi connectivity index (χ0v) is 14.4. The highest BCUT2D eigenvalue weighted by molar-refractivity contribution is 5.95. The van der Waals surface area contributed by atoms with Crippen LogP contribution in [0.5, 0.6) is 5.75 Å². The second-order valence-electron chi connectivity index (χ2n) is 5.51. The Balaban J connectivity index is 1.73. The molecule has 1 amide bonds. The summed E-state index contributed by atoms with van der Waals surface area (Å²) in [6, 6.07) is 16.6. The Hall–Kier alpha value is -3.92. The van der Waals surface area contributed by atoms with Crippen LogP contribution in [0, 0.1) is 17.1 Å². The van der Waals surface area contributed by atoms with Crippen LogP contribution in [-0.2, 0) is 0 Å². The van der Waals surface area contributed by atoms with Crippen molar-refractivity contribution >= 4 is 12.1 Å². The monoisotopic (exact) mass is 362 g/mol. The fraction of sp³-hybridized carbons (Fsp3) is 0.0500.